The van der Waals surface area contributed by atoms with Gasteiger partial charge in [-0.15, -0.1) is 0 Å². The average Bonchev–Trinajstić information content (AvgIpc) is 3.04. The SMILES string of the molecule is COc1ccc([C@H](C2CCCC2)N2CCNCC2)c(O)c1. The van der Waals surface area contributed by atoms with Gasteiger partial charge in [-0.1, -0.05) is 18.9 Å². The van der Waals surface area contributed by atoms with Crippen molar-refractivity contribution in [1.82, 2.24) is 10.2 Å². The van der Waals surface area contributed by atoms with Gasteiger partial charge in [0.2, 0.25) is 0 Å². The van der Waals surface area contributed by atoms with E-state index in [0.717, 1.165) is 37.5 Å². The van der Waals surface area contributed by atoms with Crippen LogP contribution in [-0.4, -0.2) is 43.3 Å². The van der Waals surface area contributed by atoms with E-state index in [0.29, 0.717) is 17.7 Å². The maximum atomic E-state index is 10.5. The van der Waals surface area contributed by atoms with E-state index in [1.165, 1.54) is 25.7 Å². The van der Waals surface area contributed by atoms with Gasteiger partial charge in [-0.05, 0) is 24.8 Å². The number of nitrogens with zero attached hydrogens (tertiary/aromatic N) is 1. The highest BCUT2D eigenvalue weighted by molar-refractivity contribution is 5.42. The molecule has 2 N–H and O–H groups in total. The first-order valence-electron chi connectivity index (χ1n) is 8.11. The Hall–Kier alpha value is -1.26. The first kappa shape index (κ1) is 14.7. The average molecular weight is 290 g/mol. The number of hydrogen-bond donors (Lipinski definition) is 2. The molecule has 1 saturated heterocycles. The van der Waals surface area contributed by atoms with Crippen LogP contribution in [-0.2, 0) is 0 Å². The molecule has 2 fully saturated rings. The van der Waals surface area contributed by atoms with E-state index in [2.05, 4.69) is 16.3 Å². The van der Waals surface area contributed by atoms with E-state index in [1.807, 2.05) is 6.07 Å². The number of nitrogens with one attached hydrogen (secondary N) is 1. The zero-order valence-electron chi connectivity index (χ0n) is 12.8. The Morgan fingerprint density at radius 1 is 1.24 bits per heavy atom. The summed E-state index contributed by atoms with van der Waals surface area (Å²) >= 11 is 0. The summed E-state index contributed by atoms with van der Waals surface area (Å²) in [5, 5.41) is 13.9. The van der Waals surface area contributed by atoms with Crippen molar-refractivity contribution >= 4 is 0 Å². The van der Waals surface area contributed by atoms with Crippen LogP contribution in [0, 0.1) is 5.92 Å². The number of phenolic OH excluding ortho intramolecular Hbond substituents is 1. The molecule has 1 aliphatic heterocycles. The van der Waals surface area contributed by atoms with Crippen molar-refractivity contribution < 1.29 is 9.84 Å². The topological polar surface area (TPSA) is 44.7 Å². The molecular weight excluding hydrogens is 264 g/mol. The summed E-state index contributed by atoms with van der Waals surface area (Å²) in [4.78, 5) is 2.55. The second-order valence-corrected chi connectivity index (χ2v) is 6.20. The standard InChI is InChI=1S/C17H26N2O2/c1-21-14-6-7-15(16(20)12-14)17(13-4-2-3-5-13)19-10-8-18-9-11-19/h6-7,12-13,17-18,20H,2-5,8-11H2,1H3/t17-/m0/s1. The Kier molecular flexibility index (Phi) is 4.66. The normalized spacial score (nSPS) is 22.3. The van der Waals surface area contributed by atoms with Crippen molar-refractivity contribution in [2.24, 2.45) is 5.92 Å². The van der Waals surface area contributed by atoms with Gasteiger partial charge >= 0.3 is 0 Å². The molecule has 116 valence electrons. The van der Waals surface area contributed by atoms with E-state index < -0.39 is 0 Å². The van der Waals surface area contributed by atoms with E-state index in [1.54, 1.807) is 13.2 Å². The summed E-state index contributed by atoms with van der Waals surface area (Å²) in [6.45, 7) is 4.21. The molecule has 21 heavy (non-hydrogen) atoms. The molecule has 0 amide bonds. The molecule has 1 saturated carbocycles. The third kappa shape index (κ3) is 3.16. The first-order valence-corrected chi connectivity index (χ1v) is 8.11. The predicted octanol–water partition coefficient (Wildman–Crippen LogP) is 2.54. The molecule has 3 rings (SSSR count). The summed E-state index contributed by atoms with van der Waals surface area (Å²) in [5.74, 6) is 1.77. The van der Waals surface area contributed by atoms with Gasteiger partial charge in [-0.2, -0.15) is 0 Å². The Bertz CT molecular complexity index is 466. The Morgan fingerprint density at radius 3 is 2.57 bits per heavy atom. The minimum Gasteiger partial charge on any atom is -0.507 e. The lowest BCUT2D eigenvalue weighted by molar-refractivity contribution is 0.123. The van der Waals surface area contributed by atoms with E-state index >= 15 is 0 Å². The van der Waals surface area contributed by atoms with E-state index in [9.17, 15) is 5.11 Å². The van der Waals surface area contributed by atoms with Crippen molar-refractivity contribution in [2.45, 2.75) is 31.7 Å². The van der Waals surface area contributed by atoms with Crippen LogP contribution in [0.25, 0.3) is 0 Å². The highest BCUT2D eigenvalue weighted by Crippen LogP contribution is 2.43. The molecule has 1 heterocycles. The number of ether oxygens (including phenoxy) is 1. The van der Waals surface area contributed by atoms with Gasteiger partial charge in [0.25, 0.3) is 0 Å². The third-order valence-corrected chi connectivity index (χ3v) is 4.95. The maximum Gasteiger partial charge on any atom is 0.124 e. The Balaban J connectivity index is 1.89. The van der Waals surface area contributed by atoms with Crippen molar-refractivity contribution in [2.75, 3.05) is 33.3 Å². The molecule has 1 aromatic carbocycles. The van der Waals surface area contributed by atoms with Gasteiger partial charge in [0.15, 0.2) is 0 Å². The zero-order chi connectivity index (χ0) is 14.7. The van der Waals surface area contributed by atoms with Gasteiger partial charge < -0.3 is 15.2 Å². The molecule has 4 nitrogen and oxygen atoms in total. The summed E-state index contributed by atoms with van der Waals surface area (Å²) in [7, 11) is 1.64. The van der Waals surface area contributed by atoms with Crippen molar-refractivity contribution in [3.8, 4) is 11.5 Å². The summed E-state index contributed by atoms with van der Waals surface area (Å²) < 4.78 is 5.22. The maximum absolute atomic E-state index is 10.5. The van der Waals surface area contributed by atoms with Crippen LogP contribution in [0.3, 0.4) is 0 Å². The zero-order valence-corrected chi connectivity index (χ0v) is 12.8. The van der Waals surface area contributed by atoms with E-state index in [4.69, 9.17) is 4.74 Å². The van der Waals surface area contributed by atoms with Gasteiger partial charge in [0.05, 0.1) is 7.11 Å². The molecule has 0 spiro atoms. The molecule has 1 atom stereocenters. The molecule has 2 aliphatic rings. The number of methoxy groups -OCH3 is 1. The van der Waals surface area contributed by atoms with Gasteiger partial charge in [0.1, 0.15) is 11.5 Å². The molecule has 0 aromatic heterocycles. The van der Waals surface area contributed by atoms with Crippen LogP contribution in [0.2, 0.25) is 0 Å². The molecule has 0 radical (unpaired) electrons. The smallest absolute Gasteiger partial charge is 0.124 e. The van der Waals surface area contributed by atoms with Crippen LogP contribution < -0.4 is 10.1 Å². The monoisotopic (exact) mass is 290 g/mol. The van der Waals surface area contributed by atoms with Crippen molar-refractivity contribution in [3.05, 3.63) is 23.8 Å². The van der Waals surface area contributed by atoms with Crippen LogP contribution in [0.5, 0.6) is 11.5 Å². The number of aromatic hydroxyl groups is 1. The fourth-order valence-corrected chi connectivity index (χ4v) is 3.88. The van der Waals surface area contributed by atoms with Crippen molar-refractivity contribution in [3.63, 3.8) is 0 Å². The largest absolute Gasteiger partial charge is 0.507 e. The van der Waals surface area contributed by atoms with Crippen molar-refractivity contribution in [1.29, 1.82) is 0 Å². The van der Waals surface area contributed by atoms with Gasteiger partial charge in [-0.25, -0.2) is 0 Å². The molecule has 0 bridgehead atoms. The van der Waals surface area contributed by atoms with Gasteiger partial charge in [0, 0.05) is 43.9 Å². The quantitative estimate of drug-likeness (QED) is 0.894. The highest BCUT2D eigenvalue weighted by atomic mass is 16.5. The summed E-state index contributed by atoms with van der Waals surface area (Å²) in [6, 6.07) is 6.12. The number of phenols is 1. The minimum atomic E-state index is 0.348. The lowest BCUT2D eigenvalue weighted by atomic mass is 9.89. The Labute approximate surface area is 127 Å². The highest BCUT2D eigenvalue weighted by Gasteiger charge is 2.33. The fourth-order valence-electron chi connectivity index (χ4n) is 3.88. The number of benzene rings is 1. The Morgan fingerprint density at radius 2 is 1.95 bits per heavy atom. The van der Waals surface area contributed by atoms with E-state index in [-0.39, 0.29) is 0 Å². The predicted molar refractivity (Wildman–Crippen MR) is 83.8 cm³/mol. The fraction of sp³-hybridized carbons (Fsp3) is 0.647. The number of hydrogen-bond acceptors (Lipinski definition) is 4. The molecule has 1 aromatic rings. The number of piperazine rings is 1. The van der Waals surface area contributed by atoms with Crippen LogP contribution >= 0.6 is 0 Å². The van der Waals surface area contributed by atoms with Crippen LogP contribution in [0.1, 0.15) is 37.3 Å². The first-order chi connectivity index (χ1) is 10.3. The molecule has 1 aliphatic carbocycles. The molecule has 0 unspecified atom stereocenters. The molecule has 4 heteroatoms. The summed E-state index contributed by atoms with van der Waals surface area (Å²) in [5.41, 5.74) is 1.07. The number of rotatable bonds is 4. The second-order valence-electron chi connectivity index (χ2n) is 6.20. The lowest BCUT2D eigenvalue weighted by Crippen LogP contribution is -2.46. The van der Waals surface area contributed by atoms with Gasteiger partial charge in [-0.3, -0.25) is 4.90 Å². The molecular formula is C17H26N2O2. The van der Waals surface area contributed by atoms with Crippen LogP contribution in [0.15, 0.2) is 18.2 Å². The second kappa shape index (κ2) is 6.67. The lowest BCUT2D eigenvalue weighted by Gasteiger charge is -2.39. The summed E-state index contributed by atoms with van der Waals surface area (Å²) in [6.07, 6.45) is 5.20. The van der Waals surface area contributed by atoms with Crippen LogP contribution in [0.4, 0.5) is 0 Å². The third-order valence-electron chi connectivity index (χ3n) is 4.95. The minimum absolute atomic E-state index is 0.348.